The predicted molar refractivity (Wildman–Crippen MR) is 115 cm³/mol. The molecule has 2 fully saturated rings. The maximum absolute atomic E-state index is 2.75. The molecule has 1 saturated heterocycles. The molecule has 0 radical (unpaired) electrons. The summed E-state index contributed by atoms with van der Waals surface area (Å²) in [6, 6.07) is 18.3. The van der Waals surface area contributed by atoms with E-state index in [-0.39, 0.29) is 0 Å². The van der Waals surface area contributed by atoms with E-state index in [2.05, 4.69) is 65.3 Å². The number of para-hydroxylation sites is 2. The molecule has 1 atom stereocenters. The lowest BCUT2D eigenvalue weighted by Crippen LogP contribution is -2.47. The van der Waals surface area contributed by atoms with Crippen molar-refractivity contribution in [3.05, 3.63) is 48.5 Å². The van der Waals surface area contributed by atoms with Crippen LogP contribution in [0, 0.1) is 5.41 Å². The minimum absolute atomic E-state index is 0.577. The molecule has 0 bridgehead atoms. The second-order valence-corrected chi connectivity index (χ2v) is 9.82. The van der Waals surface area contributed by atoms with Crippen LogP contribution < -0.4 is 4.90 Å². The Morgan fingerprint density at radius 2 is 1.41 bits per heavy atom. The quantitative estimate of drug-likeness (QED) is 0.616. The van der Waals surface area contributed by atoms with E-state index in [0.717, 1.165) is 6.54 Å². The average molecular weight is 379 g/mol. The number of hydrogen-bond acceptors (Lipinski definition) is 3. The molecule has 1 aliphatic carbocycles. The Bertz CT molecular complexity index is 756. The van der Waals surface area contributed by atoms with Gasteiger partial charge in [-0.2, -0.15) is 0 Å². The maximum Gasteiger partial charge on any atom is 0.0553 e. The Morgan fingerprint density at radius 1 is 0.852 bits per heavy atom. The van der Waals surface area contributed by atoms with E-state index < -0.39 is 0 Å². The van der Waals surface area contributed by atoms with E-state index in [9.17, 15) is 0 Å². The number of anilines is 2. The Labute approximate surface area is 167 Å². The largest absolute Gasteiger partial charge is 0.338 e. The lowest BCUT2D eigenvalue weighted by Gasteiger charge is -2.44. The topological polar surface area (TPSA) is 6.48 Å². The number of nitrogens with zero attached hydrogens (tertiary/aromatic N) is 2. The molecular formula is C24H30N2S. The lowest BCUT2D eigenvalue weighted by molar-refractivity contribution is 0.0839. The number of hydrogen-bond donors (Lipinski definition) is 0. The molecule has 0 amide bonds. The lowest BCUT2D eigenvalue weighted by atomic mass is 9.77. The van der Waals surface area contributed by atoms with E-state index >= 15 is 0 Å². The van der Waals surface area contributed by atoms with Gasteiger partial charge >= 0.3 is 0 Å². The van der Waals surface area contributed by atoms with Crippen LogP contribution in [0.4, 0.5) is 11.4 Å². The minimum Gasteiger partial charge on any atom is -0.338 e. The van der Waals surface area contributed by atoms with E-state index in [0.29, 0.717) is 11.5 Å². The molecule has 2 aromatic rings. The number of piperidine rings is 1. The third-order valence-electron chi connectivity index (χ3n) is 7.13. The summed E-state index contributed by atoms with van der Waals surface area (Å²) in [6.07, 6.45) is 8.74. The van der Waals surface area contributed by atoms with Crippen LogP contribution in [0.15, 0.2) is 58.3 Å². The van der Waals surface area contributed by atoms with Crippen molar-refractivity contribution in [2.45, 2.75) is 61.3 Å². The van der Waals surface area contributed by atoms with Crippen molar-refractivity contribution in [2.24, 2.45) is 5.41 Å². The molecule has 2 aromatic carbocycles. The molecule has 0 N–H and O–H groups in total. The highest BCUT2D eigenvalue weighted by Crippen LogP contribution is 2.49. The van der Waals surface area contributed by atoms with E-state index in [1.54, 1.807) is 0 Å². The molecule has 0 aromatic heterocycles. The van der Waals surface area contributed by atoms with Crippen molar-refractivity contribution in [3.8, 4) is 0 Å². The molecule has 2 heterocycles. The second-order valence-electron chi connectivity index (χ2n) is 8.74. The summed E-state index contributed by atoms with van der Waals surface area (Å²) in [4.78, 5) is 8.07. The average Bonchev–Trinajstić information content (AvgIpc) is 3.16. The summed E-state index contributed by atoms with van der Waals surface area (Å²) in [5.74, 6) is 0. The van der Waals surface area contributed by atoms with Crippen molar-refractivity contribution in [1.82, 2.24) is 4.90 Å². The van der Waals surface area contributed by atoms with Gasteiger partial charge in [-0.1, -0.05) is 48.9 Å². The Hall–Kier alpha value is -1.45. The summed E-state index contributed by atoms with van der Waals surface area (Å²) in [7, 11) is 0. The Kier molecular flexibility index (Phi) is 4.69. The first-order valence-electron chi connectivity index (χ1n) is 10.6. The van der Waals surface area contributed by atoms with Crippen LogP contribution in [0.5, 0.6) is 0 Å². The van der Waals surface area contributed by atoms with Gasteiger partial charge in [0.2, 0.25) is 0 Å². The zero-order chi connectivity index (χ0) is 18.3. The van der Waals surface area contributed by atoms with Gasteiger partial charge in [0.25, 0.3) is 0 Å². The summed E-state index contributed by atoms with van der Waals surface area (Å²) in [5.41, 5.74) is 3.45. The molecule has 1 saturated carbocycles. The van der Waals surface area contributed by atoms with Gasteiger partial charge in [0.15, 0.2) is 0 Å². The Morgan fingerprint density at radius 3 is 2.00 bits per heavy atom. The Balaban J connectivity index is 1.35. The number of fused-ring (bicyclic) bond motifs is 2. The molecule has 27 heavy (non-hydrogen) atoms. The molecular weight excluding hydrogens is 348 g/mol. The number of rotatable bonds is 3. The predicted octanol–water partition coefficient (Wildman–Crippen LogP) is 6.33. The van der Waals surface area contributed by atoms with Gasteiger partial charge < -0.3 is 4.90 Å². The van der Waals surface area contributed by atoms with E-state index in [1.807, 2.05) is 11.8 Å². The van der Waals surface area contributed by atoms with Crippen LogP contribution in [-0.2, 0) is 0 Å². The van der Waals surface area contributed by atoms with E-state index in [1.165, 1.54) is 72.8 Å². The third kappa shape index (κ3) is 3.30. The van der Waals surface area contributed by atoms with Crippen molar-refractivity contribution in [1.29, 1.82) is 0 Å². The highest BCUT2D eigenvalue weighted by atomic mass is 32.2. The molecule has 1 spiro atoms. The van der Waals surface area contributed by atoms with Crippen LogP contribution in [0.2, 0.25) is 0 Å². The van der Waals surface area contributed by atoms with Crippen molar-refractivity contribution < 1.29 is 0 Å². The molecule has 2 aliphatic heterocycles. The van der Waals surface area contributed by atoms with E-state index in [4.69, 9.17) is 0 Å². The second kappa shape index (κ2) is 7.18. The maximum atomic E-state index is 2.75. The molecule has 2 nitrogen and oxygen atoms in total. The first-order valence-corrected chi connectivity index (χ1v) is 11.4. The van der Waals surface area contributed by atoms with Gasteiger partial charge in [-0.05, 0) is 75.4 Å². The zero-order valence-electron chi connectivity index (χ0n) is 16.4. The molecule has 3 heteroatoms. The normalized spacial score (nSPS) is 22.5. The summed E-state index contributed by atoms with van der Waals surface area (Å²) >= 11 is 1.91. The fourth-order valence-corrected chi connectivity index (χ4v) is 6.52. The van der Waals surface area contributed by atoms with Crippen LogP contribution in [0.1, 0.15) is 45.4 Å². The molecule has 5 rings (SSSR count). The highest BCUT2D eigenvalue weighted by Gasteiger charge is 2.38. The standard InChI is InChI=1S/C24H30N2S/c1-19(25-16-14-24(15-17-25)12-6-7-13-24)18-26-20-8-2-4-10-22(20)27-23-11-5-3-9-21(23)26/h2-5,8-11,19H,6-7,12-18H2,1H3. The van der Waals surface area contributed by atoms with Gasteiger partial charge in [0.05, 0.1) is 11.4 Å². The smallest absolute Gasteiger partial charge is 0.0553 e. The summed E-state index contributed by atoms with van der Waals surface area (Å²) in [6.45, 7) is 6.07. The summed E-state index contributed by atoms with van der Waals surface area (Å²) < 4.78 is 0. The first-order chi connectivity index (χ1) is 13.2. The van der Waals surface area contributed by atoms with Gasteiger partial charge in [-0.25, -0.2) is 0 Å². The fourth-order valence-electron chi connectivity index (χ4n) is 5.42. The summed E-state index contributed by atoms with van der Waals surface area (Å²) in [5, 5.41) is 0. The van der Waals surface area contributed by atoms with Crippen LogP contribution in [0.25, 0.3) is 0 Å². The molecule has 142 valence electrons. The number of benzene rings is 2. The zero-order valence-corrected chi connectivity index (χ0v) is 17.2. The number of likely N-dealkylation sites (tertiary alicyclic amines) is 1. The highest BCUT2D eigenvalue weighted by molar-refractivity contribution is 7.99. The van der Waals surface area contributed by atoms with Gasteiger partial charge in [-0.3, -0.25) is 4.90 Å². The molecule has 1 unspecified atom stereocenters. The SMILES string of the molecule is CC(CN1c2ccccc2Sc2ccccc21)N1CCC2(CCCC2)CC1. The van der Waals surface area contributed by atoms with Crippen LogP contribution in [-0.4, -0.2) is 30.6 Å². The van der Waals surface area contributed by atoms with Gasteiger partial charge in [0.1, 0.15) is 0 Å². The fraction of sp³-hybridized carbons (Fsp3) is 0.500. The molecule has 3 aliphatic rings. The third-order valence-corrected chi connectivity index (χ3v) is 8.26. The van der Waals surface area contributed by atoms with Gasteiger partial charge in [0, 0.05) is 22.4 Å². The van der Waals surface area contributed by atoms with Crippen molar-refractivity contribution >= 4 is 23.1 Å². The minimum atomic E-state index is 0.577. The van der Waals surface area contributed by atoms with Crippen LogP contribution in [0.3, 0.4) is 0 Å². The van der Waals surface area contributed by atoms with Crippen LogP contribution >= 0.6 is 11.8 Å². The monoisotopic (exact) mass is 378 g/mol. The van der Waals surface area contributed by atoms with Crippen molar-refractivity contribution in [3.63, 3.8) is 0 Å². The van der Waals surface area contributed by atoms with Crippen molar-refractivity contribution in [2.75, 3.05) is 24.5 Å². The van der Waals surface area contributed by atoms with Gasteiger partial charge in [-0.15, -0.1) is 0 Å². The first kappa shape index (κ1) is 17.6.